The number of anilines is 1. The van der Waals surface area contributed by atoms with Gasteiger partial charge in [0.05, 0.1) is 24.7 Å². The third-order valence-corrected chi connectivity index (χ3v) is 4.09. The molecule has 0 unspecified atom stereocenters. The molecule has 1 aliphatic heterocycles. The van der Waals surface area contributed by atoms with Crippen LogP contribution in [0.15, 0.2) is 24.3 Å². The molecule has 0 aliphatic carbocycles. The van der Waals surface area contributed by atoms with Crippen LogP contribution < -0.4 is 5.32 Å². The molecule has 8 heteroatoms. The topological polar surface area (TPSA) is 95.9 Å². The number of thioether (sulfide) groups is 1. The zero-order valence-corrected chi connectivity index (χ0v) is 13.3. The van der Waals surface area contributed by atoms with Crippen molar-refractivity contribution in [2.75, 3.05) is 43.1 Å². The highest BCUT2D eigenvalue weighted by atomic mass is 32.2. The minimum absolute atomic E-state index is 0.0526. The molecule has 2 amide bonds. The summed E-state index contributed by atoms with van der Waals surface area (Å²) in [6.45, 7) is 2.26. The quantitative estimate of drug-likeness (QED) is 0.801. The normalized spacial score (nSPS) is 14.3. The van der Waals surface area contributed by atoms with Gasteiger partial charge in [-0.05, 0) is 24.3 Å². The molecule has 0 atom stereocenters. The summed E-state index contributed by atoms with van der Waals surface area (Å²) in [7, 11) is 0. The van der Waals surface area contributed by atoms with E-state index in [9.17, 15) is 14.4 Å². The van der Waals surface area contributed by atoms with Gasteiger partial charge in [0.1, 0.15) is 0 Å². The summed E-state index contributed by atoms with van der Waals surface area (Å²) >= 11 is 1.03. The van der Waals surface area contributed by atoms with Crippen LogP contribution in [0.1, 0.15) is 10.4 Å². The summed E-state index contributed by atoms with van der Waals surface area (Å²) in [5.74, 6) is -1.32. The Labute approximate surface area is 138 Å². The van der Waals surface area contributed by atoms with E-state index in [1.54, 1.807) is 29.2 Å². The van der Waals surface area contributed by atoms with Gasteiger partial charge in [-0.15, -0.1) is 11.8 Å². The number of carbonyl (C=O) groups is 3. The maximum Gasteiger partial charge on any atom is 0.313 e. The number of carboxylic acid groups (broad SMARTS) is 1. The van der Waals surface area contributed by atoms with Gasteiger partial charge in [0.2, 0.25) is 5.91 Å². The fourth-order valence-corrected chi connectivity index (χ4v) is 2.61. The number of rotatable bonds is 6. The van der Waals surface area contributed by atoms with E-state index in [2.05, 4.69) is 5.32 Å². The second kappa shape index (κ2) is 8.54. The molecule has 2 rings (SSSR count). The Morgan fingerprint density at radius 2 is 1.78 bits per heavy atom. The molecule has 1 heterocycles. The summed E-state index contributed by atoms with van der Waals surface area (Å²) in [5.41, 5.74) is 1.13. The third-order valence-electron chi connectivity index (χ3n) is 3.17. The lowest BCUT2D eigenvalue weighted by molar-refractivity contribution is -0.133. The first-order valence-corrected chi connectivity index (χ1v) is 8.28. The number of aliphatic carboxylic acids is 1. The van der Waals surface area contributed by atoms with Crippen molar-refractivity contribution in [1.29, 1.82) is 0 Å². The van der Waals surface area contributed by atoms with Gasteiger partial charge >= 0.3 is 5.97 Å². The molecule has 0 bridgehead atoms. The van der Waals surface area contributed by atoms with Gasteiger partial charge < -0.3 is 20.1 Å². The Hall–Kier alpha value is -2.06. The van der Waals surface area contributed by atoms with Crippen molar-refractivity contribution in [3.05, 3.63) is 29.8 Å². The molecular formula is C15H18N2O5S. The van der Waals surface area contributed by atoms with E-state index in [4.69, 9.17) is 9.84 Å². The van der Waals surface area contributed by atoms with Gasteiger partial charge in [-0.2, -0.15) is 0 Å². The Bertz CT molecular complexity index is 570. The van der Waals surface area contributed by atoms with Gasteiger partial charge in [-0.25, -0.2) is 0 Å². The molecule has 1 aromatic carbocycles. The Morgan fingerprint density at radius 3 is 2.39 bits per heavy atom. The molecule has 0 saturated carbocycles. The highest BCUT2D eigenvalue weighted by molar-refractivity contribution is 8.00. The number of ether oxygens (including phenoxy) is 1. The number of hydrogen-bond acceptors (Lipinski definition) is 5. The summed E-state index contributed by atoms with van der Waals surface area (Å²) < 4.78 is 5.22. The van der Waals surface area contributed by atoms with E-state index < -0.39 is 5.97 Å². The molecular weight excluding hydrogens is 320 g/mol. The van der Waals surface area contributed by atoms with Crippen LogP contribution in [0, 0.1) is 0 Å². The third kappa shape index (κ3) is 5.57. The Kier molecular flexibility index (Phi) is 6.42. The van der Waals surface area contributed by atoms with Crippen LogP contribution in [0.5, 0.6) is 0 Å². The van der Waals surface area contributed by atoms with Crippen LogP contribution in [0.25, 0.3) is 0 Å². The van der Waals surface area contributed by atoms with Gasteiger partial charge in [-0.3, -0.25) is 14.4 Å². The fraction of sp³-hybridized carbons (Fsp3) is 0.400. The van der Waals surface area contributed by atoms with Crippen LogP contribution in [0.4, 0.5) is 5.69 Å². The zero-order chi connectivity index (χ0) is 16.7. The molecule has 1 aromatic rings. The molecule has 124 valence electrons. The number of morpholine rings is 1. The van der Waals surface area contributed by atoms with E-state index in [0.717, 1.165) is 11.8 Å². The van der Waals surface area contributed by atoms with Crippen LogP contribution in [0.2, 0.25) is 0 Å². The molecule has 1 fully saturated rings. The van der Waals surface area contributed by atoms with Crippen LogP contribution in [-0.2, 0) is 14.3 Å². The first-order valence-electron chi connectivity index (χ1n) is 7.13. The van der Waals surface area contributed by atoms with Crippen molar-refractivity contribution in [2.24, 2.45) is 0 Å². The number of hydrogen-bond donors (Lipinski definition) is 2. The fourth-order valence-electron chi connectivity index (χ4n) is 2.07. The van der Waals surface area contributed by atoms with Crippen molar-refractivity contribution in [3.63, 3.8) is 0 Å². The Morgan fingerprint density at radius 1 is 1.13 bits per heavy atom. The lowest BCUT2D eigenvalue weighted by Gasteiger charge is -2.26. The average molecular weight is 338 g/mol. The molecule has 2 N–H and O–H groups in total. The maximum atomic E-state index is 12.3. The predicted molar refractivity (Wildman–Crippen MR) is 86.8 cm³/mol. The van der Waals surface area contributed by atoms with Crippen molar-refractivity contribution >= 4 is 35.2 Å². The van der Waals surface area contributed by atoms with Crippen LogP contribution >= 0.6 is 11.8 Å². The van der Waals surface area contributed by atoms with E-state index in [0.29, 0.717) is 37.6 Å². The molecule has 0 spiro atoms. The Balaban J connectivity index is 1.85. The maximum absolute atomic E-state index is 12.3. The highest BCUT2D eigenvalue weighted by Crippen LogP contribution is 2.13. The van der Waals surface area contributed by atoms with E-state index in [-0.39, 0.29) is 23.3 Å². The molecule has 7 nitrogen and oxygen atoms in total. The van der Waals surface area contributed by atoms with Crippen molar-refractivity contribution in [3.8, 4) is 0 Å². The second-order valence-corrected chi connectivity index (χ2v) is 5.90. The largest absolute Gasteiger partial charge is 0.481 e. The number of nitrogens with one attached hydrogen (secondary N) is 1. The summed E-state index contributed by atoms with van der Waals surface area (Å²) in [5, 5.41) is 11.2. The molecule has 0 aromatic heterocycles. The summed E-state index contributed by atoms with van der Waals surface area (Å²) in [4.78, 5) is 36.0. The zero-order valence-electron chi connectivity index (χ0n) is 12.5. The monoisotopic (exact) mass is 338 g/mol. The predicted octanol–water partition coefficient (Wildman–Crippen LogP) is 0.915. The highest BCUT2D eigenvalue weighted by Gasteiger charge is 2.18. The van der Waals surface area contributed by atoms with Gasteiger partial charge in [0.25, 0.3) is 5.91 Å². The lowest BCUT2D eigenvalue weighted by Crippen LogP contribution is -2.40. The van der Waals surface area contributed by atoms with Crippen LogP contribution in [0.3, 0.4) is 0 Å². The SMILES string of the molecule is O=C(O)CSCC(=O)Nc1ccc(C(=O)N2CCOCC2)cc1. The molecule has 1 saturated heterocycles. The molecule has 1 aliphatic rings. The number of carbonyl (C=O) groups excluding carboxylic acids is 2. The molecule has 23 heavy (non-hydrogen) atoms. The number of amides is 2. The number of nitrogens with zero attached hydrogens (tertiary/aromatic N) is 1. The summed E-state index contributed by atoms with van der Waals surface area (Å²) in [6, 6.07) is 6.65. The van der Waals surface area contributed by atoms with E-state index in [1.165, 1.54) is 0 Å². The van der Waals surface area contributed by atoms with Crippen LogP contribution in [-0.4, -0.2) is 65.6 Å². The first-order chi connectivity index (χ1) is 11.1. The number of carboxylic acids is 1. The average Bonchev–Trinajstić information content (AvgIpc) is 2.55. The van der Waals surface area contributed by atoms with Gasteiger partial charge in [-0.1, -0.05) is 0 Å². The minimum atomic E-state index is -0.950. The van der Waals surface area contributed by atoms with E-state index >= 15 is 0 Å². The first kappa shape index (κ1) is 17.3. The second-order valence-electron chi connectivity index (χ2n) is 4.92. The standard InChI is InChI=1S/C15H18N2O5S/c18-13(9-23-10-14(19)20)16-12-3-1-11(2-4-12)15(21)17-5-7-22-8-6-17/h1-4H,5-10H2,(H,16,18)(H,19,20). The smallest absolute Gasteiger partial charge is 0.313 e. The lowest BCUT2D eigenvalue weighted by atomic mass is 10.1. The van der Waals surface area contributed by atoms with E-state index in [1.807, 2.05) is 0 Å². The van der Waals surface area contributed by atoms with Crippen molar-refractivity contribution < 1.29 is 24.2 Å². The van der Waals surface area contributed by atoms with Gasteiger partial charge in [0.15, 0.2) is 0 Å². The molecule has 0 radical (unpaired) electrons. The number of benzene rings is 1. The van der Waals surface area contributed by atoms with Crippen molar-refractivity contribution in [1.82, 2.24) is 4.90 Å². The van der Waals surface area contributed by atoms with Crippen molar-refractivity contribution in [2.45, 2.75) is 0 Å². The van der Waals surface area contributed by atoms with Gasteiger partial charge in [0, 0.05) is 24.3 Å². The summed E-state index contributed by atoms with van der Waals surface area (Å²) in [6.07, 6.45) is 0. The minimum Gasteiger partial charge on any atom is -0.481 e.